The van der Waals surface area contributed by atoms with Crippen LogP contribution in [0.1, 0.15) is 51.5 Å². The van der Waals surface area contributed by atoms with Crippen LogP contribution in [0.25, 0.3) is 6.08 Å². The Balaban J connectivity index is 2.00. The highest BCUT2D eigenvalue weighted by Gasteiger charge is 2.21. The molecule has 1 unspecified atom stereocenters. The molecule has 1 atom stereocenters. The summed E-state index contributed by atoms with van der Waals surface area (Å²) in [5, 5.41) is 9.28. The summed E-state index contributed by atoms with van der Waals surface area (Å²) in [6.07, 6.45) is 9.09. The van der Waals surface area contributed by atoms with Crippen LogP contribution < -0.4 is 0 Å². The highest BCUT2D eigenvalue weighted by Crippen LogP contribution is 2.29. The largest absolute Gasteiger partial charge is 0.505 e. The number of allylic oxidation sites excluding steroid dienone is 1. The van der Waals surface area contributed by atoms with Gasteiger partial charge in [-0.25, -0.2) is 4.39 Å². The van der Waals surface area contributed by atoms with Crippen molar-refractivity contribution < 1.29 is 14.2 Å². The van der Waals surface area contributed by atoms with Gasteiger partial charge in [-0.3, -0.25) is 0 Å². The van der Waals surface area contributed by atoms with Gasteiger partial charge < -0.3 is 9.84 Å². The summed E-state index contributed by atoms with van der Waals surface area (Å²) in [4.78, 5) is 0. The van der Waals surface area contributed by atoms with Crippen molar-refractivity contribution in [3.63, 3.8) is 0 Å². The van der Waals surface area contributed by atoms with E-state index in [1.165, 1.54) is 28.9 Å². The molecule has 0 aliphatic carbocycles. The Labute approximate surface area is 144 Å². The van der Waals surface area contributed by atoms with Crippen molar-refractivity contribution in [1.29, 1.82) is 0 Å². The maximum Gasteiger partial charge on any atom is 0.165 e. The maximum atomic E-state index is 13.5. The van der Waals surface area contributed by atoms with E-state index in [9.17, 15) is 9.50 Å². The monoisotopic (exact) mass is 330 g/mol. The first-order valence-electron chi connectivity index (χ1n) is 8.72. The fraction of sp³-hybridized carbons (Fsp3) is 0.429. The molecule has 1 aliphatic heterocycles. The number of halogens is 1. The SMILES string of the molecule is C=C(CCC)C1=CCOC1CC/C(=C/c1ccc(O)c(F)c1)CC. The van der Waals surface area contributed by atoms with Gasteiger partial charge in [0.25, 0.3) is 0 Å². The molecule has 2 rings (SSSR count). The summed E-state index contributed by atoms with van der Waals surface area (Å²) in [6, 6.07) is 4.49. The third-order valence-electron chi connectivity index (χ3n) is 4.43. The Hall–Kier alpha value is -1.87. The molecule has 1 heterocycles. The molecule has 2 nitrogen and oxygen atoms in total. The van der Waals surface area contributed by atoms with Crippen LogP contribution in [0.2, 0.25) is 0 Å². The van der Waals surface area contributed by atoms with E-state index in [-0.39, 0.29) is 11.9 Å². The number of hydrogen-bond acceptors (Lipinski definition) is 2. The summed E-state index contributed by atoms with van der Waals surface area (Å²) in [5.41, 5.74) is 4.46. The van der Waals surface area contributed by atoms with Crippen LogP contribution in [0.4, 0.5) is 4.39 Å². The second kappa shape index (κ2) is 8.84. The van der Waals surface area contributed by atoms with E-state index in [0.29, 0.717) is 6.61 Å². The maximum absolute atomic E-state index is 13.5. The van der Waals surface area contributed by atoms with Gasteiger partial charge in [0.15, 0.2) is 11.6 Å². The van der Waals surface area contributed by atoms with Gasteiger partial charge in [0, 0.05) is 0 Å². The lowest BCUT2D eigenvalue weighted by Gasteiger charge is -2.17. The lowest BCUT2D eigenvalue weighted by molar-refractivity contribution is 0.116. The number of aromatic hydroxyl groups is 1. The topological polar surface area (TPSA) is 29.5 Å². The third kappa shape index (κ3) is 4.81. The van der Waals surface area contributed by atoms with Crippen LogP contribution in [0.15, 0.2) is 47.6 Å². The molecule has 3 heteroatoms. The van der Waals surface area contributed by atoms with Gasteiger partial charge in [-0.2, -0.15) is 0 Å². The van der Waals surface area contributed by atoms with Crippen molar-refractivity contribution in [1.82, 2.24) is 0 Å². The molecule has 0 radical (unpaired) electrons. The van der Waals surface area contributed by atoms with Crippen molar-refractivity contribution in [3.05, 3.63) is 59.0 Å². The summed E-state index contributed by atoms with van der Waals surface area (Å²) in [5.74, 6) is -0.895. The fourth-order valence-electron chi connectivity index (χ4n) is 3.05. The molecule has 0 bridgehead atoms. The van der Waals surface area contributed by atoms with Crippen molar-refractivity contribution in [2.45, 2.75) is 52.1 Å². The first kappa shape index (κ1) is 18.5. The van der Waals surface area contributed by atoms with Gasteiger partial charge >= 0.3 is 0 Å². The van der Waals surface area contributed by atoms with Crippen LogP contribution in [-0.2, 0) is 4.74 Å². The molecule has 0 saturated carbocycles. The Morgan fingerprint density at radius 1 is 1.38 bits per heavy atom. The summed E-state index contributed by atoms with van der Waals surface area (Å²) < 4.78 is 19.3. The molecule has 1 N–H and O–H groups in total. The lowest BCUT2D eigenvalue weighted by Crippen LogP contribution is -2.11. The van der Waals surface area contributed by atoms with Gasteiger partial charge in [0.1, 0.15) is 0 Å². The number of hydrogen-bond donors (Lipinski definition) is 1. The smallest absolute Gasteiger partial charge is 0.165 e. The van der Waals surface area contributed by atoms with Crippen LogP contribution in [-0.4, -0.2) is 17.8 Å². The first-order valence-corrected chi connectivity index (χ1v) is 8.72. The minimum absolute atomic E-state index is 0.121. The standard InChI is InChI=1S/C21H27FO2/c1-4-6-15(3)18-11-12-24-21(18)10-8-16(5-2)13-17-7-9-20(23)19(22)14-17/h7,9,11,13-14,21,23H,3-6,8,10,12H2,1-2H3/b16-13+. The first-order chi connectivity index (χ1) is 11.5. The number of rotatable bonds is 8. The van der Waals surface area contributed by atoms with Gasteiger partial charge in [-0.1, -0.05) is 50.6 Å². The molecular weight excluding hydrogens is 303 g/mol. The molecular formula is C21H27FO2. The third-order valence-corrected chi connectivity index (χ3v) is 4.43. The van der Waals surface area contributed by atoms with E-state index in [1.807, 2.05) is 6.08 Å². The molecule has 0 amide bonds. The summed E-state index contributed by atoms with van der Waals surface area (Å²) in [6.45, 7) is 9.11. The zero-order chi connectivity index (χ0) is 17.5. The molecule has 0 aromatic heterocycles. The van der Waals surface area contributed by atoms with Gasteiger partial charge in [-0.05, 0) is 54.5 Å². The number of phenols is 1. The molecule has 0 fully saturated rings. The van der Waals surface area contributed by atoms with Crippen molar-refractivity contribution in [3.8, 4) is 5.75 Å². The number of ether oxygens (including phenoxy) is 1. The minimum atomic E-state index is -0.584. The van der Waals surface area contributed by atoms with E-state index >= 15 is 0 Å². The lowest BCUT2D eigenvalue weighted by atomic mass is 9.94. The van der Waals surface area contributed by atoms with Gasteiger partial charge in [0.2, 0.25) is 0 Å². The summed E-state index contributed by atoms with van der Waals surface area (Å²) >= 11 is 0. The second-order valence-corrected chi connectivity index (χ2v) is 6.24. The predicted molar refractivity (Wildman–Crippen MR) is 97.4 cm³/mol. The number of benzene rings is 1. The van der Waals surface area contributed by atoms with E-state index in [2.05, 4.69) is 26.5 Å². The summed E-state index contributed by atoms with van der Waals surface area (Å²) in [7, 11) is 0. The van der Waals surface area contributed by atoms with Crippen molar-refractivity contribution >= 4 is 6.08 Å². The molecule has 0 saturated heterocycles. The van der Waals surface area contributed by atoms with E-state index < -0.39 is 5.82 Å². The van der Waals surface area contributed by atoms with Gasteiger partial charge in [0.05, 0.1) is 12.7 Å². The van der Waals surface area contributed by atoms with Crippen LogP contribution in [0.5, 0.6) is 5.75 Å². The number of phenolic OH excluding ortho intramolecular Hbond substituents is 1. The highest BCUT2D eigenvalue weighted by atomic mass is 19.1. The Bertz CT molecular complexity index is 643. The fourth-order valence-corrected chi connectivity index (χ4v) is 3.05. The molecule has 130 valence electrons. The zero-order valence-electron chi connectivity index (χ0n) is 14.6. The van der Waals surface area contributed by atoms with E-state index in [0.717, 1.165) is 37.7 Å². The van der Waals surface area contributed by atoms with Crippen molar-refractivity contribution in [2.24, 2.45) is 0 Å². The quantitative estimate of drug-likeness (QED) is 0.654. The predicted octanol–water partition coefficient (Wildman–Crippen LogP) is 5.79. The van der Waals surface area contributed by atoms with E-state index in [4.69, 9.17) is 4.74 Å². The Kier molecular flexibility index (Phi) is 6.80. The van der Waals surface area contributed by atoms with E-state index in [1.54, 1.807) is 6.07 Å². The van der Waals surface area contributed by atoms with Crippen molar-refractivity contribution in [2.75, 3.05) is 6.61 Å². The van der Waals surface area contributed by atoms with Crippen LogP contribution in [0.3, 0.4) is 0 Å². The van der Waals surface area contributed by atoms with Crippen LogP contribution in [0, 0.1) is 5.82 Å². The molecule has 1 aromatic carbocycles. The molecule has 1 aliphatic rings. The molecule has 24 heavy (non-hydrogen) atoms. The molecule has 0 spiro atoms. The average Bonchev–Trinajstić information content (AvgIpc) is 3.03. The second-order valence-electron chi connectivity index (χ2n) is 6.24. The zero-order valence-corrected chi connectivity index (χ0v) is 14.6. The normalized spacial score (nSPS) is 17.9. The highest BCUT2D eigenvalue weighted by molar-refractivity contribution is 5.54. The Morgan fingerprint density at radius 2 is 2.17 bits per heavy atom. The molecule has 1 aromatic rings. The minimum Gasteiger partial charge on any atom is -0.505 e. The Morgan fingerprint density at radius 3 is 2.83 bits per heavy atom. The average molecular weight is 330 g/mol. The van der Waals surface area contributed by atoms with Crippen LogP contribution >= 0.6 is 0 Å². The van der Waals surface area contributed by atoms with Gasteiger partial charge in [-0.15, -0.1) is 0 Å².